The van der Waals surface area contributed by atoms with Gasteiger partial charge in [0.25, 0.3) is 0 Å². The van der Waals surface area contributed by atoms with Crippen molar-refractivity contribution >= 4 is 5.96 Å². The third-order valence-corrected chi connectivity index (χ3v) is 2.64. The van der Waals surface area contributed by atoms with E-state index >= 15 is 0 Å². The fourth-order valence-electron chi connectivity index (χ4n) is 1.75. The van der Waals surface area contributed by atoms with Crippen molar-refractivity contribution < 1.29 is 0 Å². The smallest absolute Gasteiger partial charge is 0.191 e. The molecule has 0 aliphatic rings. The van der Waals surface area contributed by atoms with Crippen LogP contribution in [0.1, 0.15) is 46.9 Å². The molecule has 1 aromatic rings. The van der Waals surface area contributed by atoms with Crippen molar-refractivity contribution in [1.29, 1.82) is 0 Å². The van der Waals surface area contributed by atoms with E-state index in [0.717, 1.165) is 44.3 Å². The lowest BCUT2D eigenvalue weighted by Crippen LogP contribution is -2.48. The second-order valence-corrected chi connectivity index (χ2v) is 5.83. The Morgan fingerprint density at radius 2 is 2.10 bits per heavy atom. The van der Waals surface area contributed by atoms with Gasteiger partial charge in [0.2, 0.25) is 0 Å². The Labute approximate surface area is 122 Å². The molecule has 0 atom stereocenters. The maximum atomic E-state index is 4.54. The number of hydrogen-bond donors (Lipinski definition) is 2. The lowest BCUT2D eigenvalue weighted by atomic mass is 10.1. The van der Waals surface area contributed by atoms with Crippen molar-refractivity contribution in [2.75, 3.05) is 13.1 Å². The normalized spacial score (nSPS) is 12.6. The van der Waals surface area contributed by atoms with E-state index < -0.39 is 0 Å². The van der Waals surface area contributed by atoms with Gasteiger partial charge in [-0.05, 0) is 27.2 Å². The minimum Gasteiger partial charge on any atom is -0.355 e. The number of aliphatic imine (C=N–C) groups is 1. The number of nitrogens with zero attached hydrogens (tertiary/aromatic N) is 4. The van der Waals surface area contributed by atoms with Gasteiger partial charge >= 0.3 is 0 Å². The van der Waals surface area contributed by atoms with Gasteiger partial charge in [-0.2, -0.15) is 0 Å². The number of aryl methyl sites for hydroxylation is 1. The molecule has 0 saturated carbocycles. The summed E-state index contributed by atoms with van der Waals surface area (Å²) in [5.41, 5.74) is 0.00468. The monoisotopic (exact) mass is 280 g/mol. The Hall–Kier alpha value is -1.59. The molecule has 0 unspecified atom stereocenters. The van der Waals surface area contributed by atoms with Crippen LogP contribution in [-0.4, -0.2) is 39.4 Å². The fourth-order valence-corrected chi connectivity index (χ4v) is 1.75. The quantitative estimate of drug-likeness (QED) is 0.613. The van der Waals surface area contributed by atoms with Crippen LogP contribution in [0.3, 0.4) is 0 Å². The molecule has 0 bridgehead atoms. The summed E-state index contributed by atoms with van der Waals surface area (Å²) in [6.07, 6.45) is 3.72. The van der Waals surface area contributed by atoms with Gasteiger partial charge in [-0.15, -0.1) is 10.2 Å². The molecule has 0 aliphatic carbocycles. The third kappa shape index (κ3) is 6.04. The predicted molar refractivity (Wildman–Crippen MR) is 82.9 cm³/mol. The molecule has 0 amide bonds. The van der Waals surface area contributed by atoms with Crippen LogP contribution in [0, 0.1) is 0 Å². The van der Waals surface area contributed by atoms with Gasteiger partial charge in [-0.3, -0.25) is 4.99 Å². The first-order valence-corrected chi connectivity index (χ1v) is 7.39. The highest BCUT2D eigenvalue weighted by Crippen LogP contribution is 1.98. The van der Waals surface area contributed by atoms with Crippen LogP contribution in [0.25, 0.3) is 0 Å². The molecule has 6 nitrogen and oxygen atoms in total. The number of aromatic nitrogens is 3. The summed E-state index contributed by atoms with van der Waals surface area (Å²) in [5, 5.41) is 14.8. The number of guanidine groups is 1. The zero-order chi connectivity index (χ0) is 15.0. The average Bonchev–Trinajstić information content (AvgIpc) is 2.81. The molecule has 0 radical (unpaired) electrons. The van der Waals surface area contributed by atoms with Crippen molar-refractivity contribution in [3.05, 3.63) is 12.2 Å². The average molecular weight is 280 g/mol. The van der Waals surface area contributed by atoms with E-state index in [-0.39, 0.29) is 5.54 Å². The second-order valence-electron chi connectivity index (χ2n) is 5.83. The van der Waals surface area contributed by atoms with Crippen molar-refractivity contribution in [2.24, 2.45) is 4.99 Å². The van der Waals surface area contributed by atoms with E-state index in [1.165, 1.54) is 0 Å². The Morgan fingerprint density at radius 3 is 2.70 bits per heavy atom. The van der Waals surface area contributed by atoms with E-state index in [1.807, 2.05) is 0 Å². The fraction of sp³-hybridized carbons (Fsp3) is 0.786. The van der Waals surface area contributed by atoms with Crippen LogP contribution < -0.4 is 10.6 Å². The first-order valence-electron chi connectivity index (χ1n) is 7.39. The highest BCUT2D eigenvalue weighted by Gasteiger charge is 2.11. The van der Waals surface area contributed by atoms with Gasteiger partial charge in [-0.25, -0.2) is 0 Å². The second kappa shape index (κ2) is 7.87. The van der Waals surface area contributed by atoms with Crippen LogP contribution >= 0.6 is 0 Å². The van der Waals surface area contributed by atoms with Crippen LogP contribution in [0.2, 0.25) is 0 Å². The number of hydrogen-bond acceptors (Lipinski definition) is 3. The molecule has 1 rings (SSSR count). The topological polar surface area (TPSA) is 67.1 Å². The summed E-state index contributed by atoms with van der Waals surface area (Å²) >= 11 is 0. The molecule has 20 heavy (non-hydrogen) atoms. The standard InChI is InChI=1S/C14H28N6/c1-6-8-15-13(18-14(3,4)5)16-9-10-20-11-17-19-12(20)7-2/h11H,6-10H2,1-5H3,(H2,15,16,18). The minimum atomic E-state index is 0.00468. The van der Waals surface area contributed by atoms with Gasteiger partial charge in [0.15, 0.2) is 5.96 Å². The van der Waals surface area contributed by atoms with Crippen LogP contribution in [-0.2, 0) is 13.0 Å². The van der Waals surface area contributed by atoms with Gasteiger partial charge in [-0.1, -0.05) is 13.8 Å². The molecule has 0 saturated heterocycles. The minimum absolute atomic E-state index is 0.00468. The Kier molecular flexibility index (Phi) is 6.48. The summed E-state index contributed by atoms with van der Waals surface area (Å²) in [6, 6.07) is 0. The molecule has 1 aromatic heterocycles. The lowest BCUT2D eigenvalue weighted by Gasteiger charge is -2.24. The van der Waals surface area contributed by atoms with Crippen molar-refractivity contribution in [3.63, 3.8) is 0 Å². The maximum absolute atomic E-state index is 4.54. The first kappa shape index (κ1) is 16.5. The molecule has 114 valence electrons. The van der Waals surface area contributed by atoms with Crippen LogP contribution in [0.15, 0.2) is 11.3 Å². The van der Waals surface area contributed by atoms with E-state index in [0.29, 0.717) is 0 Å². The zero-order valence-corrected chi connectivity index (χ0v) is 13.4. The molecule has 1 heterocycles. The van der Waals surface area contributed by atoms with Gasteiger partial charge < -0.3 is 15.2 Å². The van der Waals surface area contributed by atoms with E-state index in [9.17, 15) is 0 Å². The van der Waals surface area contributed by atoms with Crippen molar-refractivity contribution in [3.8, 4) is 0 Å². The molecule has 2 N–H and O–H groups in total. The molecule has 0 aromatic carbocycles. The maximum Gasteiger partial charge on any atom is 0.191 e. The summed E-state index contributed by atoms with van der Waals surface area (Å²) in [4.78, 5) is 4.54. The molecular formula is C14H28N6. The first-order chi connectivity index (χ1) is 9.46. The summed E-state index contributed by atoms with van der Waals surface area (Å²) in [5.74, 6) is 1.88. The summed E-state index contributed by atoms with van der Waals surface area (Å²) < 4.78 is 2.07. The SMILES string of the molecule is CCCN=C(NCCn1cnnc1CC)NC(C)(C)C. The summed E-state index contributed by atoms with van der Waals surface area (Å²) in [7, 11) is 0. The Morgan fingerprint density at radius 1 is 1.35 bits per heavy atom. The summed E-state index contributed by atoms with van der Waals surface area (Å²) in [6.45, 7) is 13.1. The van der Waals surface area contributed by atoms with Gasteiger partial charge in [0.1, 0.15) is 12.2 Å². The van der Waals surface area contributed by atoms with Gasteiger partial charge in [0, 0.05) is 31.6 Å². The zero-order valence-electron chi connectivity index (χ0n) is 13.4. The Balaban J connectivity index is 2.50. The number of nitrogens with one attached hydrogen (secondary N) is 2. The van der Waals surface area contributed by atoms with Crippen molar-refractivity contribution in [1.82, 2.24) is 25.4 Å². The van der Waals surface area contributed by atoms with E-state index in [2.05, 4.69) is 65.0 Å². The molecular weight excluding hydrogens is 252 g/mol. The van der Waals surface area contributed by atoms with Crippen LogP contribution in [0.5, 0.6) is 0 Å². The van der Waals surface area contributed by atoms with E-state index in [4.69, 9.17) is 0 Å². The molecule has 0 fully saturated rings. The van der Waals surface area contributed by atoms with Gasteiger partial charge in [0.05, 0.1) is 0 Å². The third-order valence-electron chi connectivity index (χ3n) is 2.64. The number of rotatable bonds is 6. The largest absolute Gasteiger partial charge is 0.355 e. The predicted octanol–water partition coefficient (Wildman–Crippen LogP) is 1.58. The molecule has 6 heteroatoms. The highest BCUT2D eigenvalue weighted by molar-refractivity contribution is 5.80. The van der Waals surface area contributed by atoms with Crippen molar-refractivity contribution in [2.45, 2.75) is 59.5 Å². The highest BCUT2D eigenvalue weighted by atomic mass is 15.3. The molecule has 0 spiro atoms. The Bertz CT molecular complexity index is 416. The molecule has 0 aliphatic heterocycles. The lowest BCUT2D eigenvalue weighted by molar-refractivity contribution is 0.498. The van der Waals surface area contributed by atoms with Crippen LogP contribution in [0.4, 0.5) is 0 Å². The van der Waals surface area contributed by atoms with E-state index in [1.54, 1.807) is 6.33 Å².